The van der Waals surface area contributed by atoms with Crippen LogP contribution in [0.3, 0.4) is 0 Å². The van der Waals surface area contributed by atoms with Crippen molar-refractivity contribution in [3.63, 3.8) is 0 Å². The molecule has 0 spiro atoms. The van der Waals surface area contributed by atoms with E-state index in [4.69, 9.17) is 14.2 Å². The molecule has 1 atom stereocenters. The largest absolute Gasteiger partial charge is 0.462 e. The van der Waals surface area contributed by atoms with Crippen LogP contribution in [0.2, 0.25) is 0 Å². The Morgan fingerprint density at radius 3 is 1.15 bits per heavy atom. The van der Waals surface area contributed by atoms with E-state index >= 15 is 0 Å². The summed E-state index contributed by atoms with van der Waals surface area (Å²) >= 11 is 0. The molecule has 0 fully saturated rings. The molecule has 0 saturated carbocycles. The zero-order chi connectivity index (χ0) is 44.4. The second-order valence-corrected chi connectivity index (χ2v) is 15.3. The Morgan fingerprint density at radius 2 is 0.672 bits per heavy atom. The highest BCUT2D eigenvalue weighted by atomic mass is 16.6. The van der Waals surface area contributed by atoms with Crippen LogP contribution in [0.4, 0.5) is 0 Å². The molecule has 0 aromatic heterocycles. The van der Waals surface area contributed by atoms with Crippen molar-refractivity contribution in [3.05, 3.63) is 122 Å². The first-order valence-electron chi connectivity index (χ1n) is 24.1. The number of unbranched alkanes of at least 4 members (excludes halogenated alkanes) is 12. The van der Waals surface area contributed by atoms with Crippen LogP contribution in [0.25, 0.3) is 0 Å². The Hall–Kier alpha value is -4.19. The summed E-state index contributed by atoms with van der Waals surface area (Å²) < 4.78 is 16.7. The van der Waals surface area contributed by atoms with Gasteiger partial charge in [0.1, 0.15) is 13.2 Å². The minimum Gasteiger partial charge on any atom is -0.462 e. The smallest absolute Gasteiger partial charge is 0.306 e. The summed E-state index contributed by atoms with van der Waals surface area (Å²) in [5.74, 6) is -1.01. The summed E-state index contributed by atoms with van der Waals surface area (Å²) in [4.78, 5) is 37.8. The summed E-state index contributed by atoms with van der Waals surface area (Å²) in [6.45, 7) is 6.17. The molecule has 0 aliphatic heterocycles. The summed E-state index contributed by atoms with van der Waals surface area (Å²) in [5, 5.41) is 0. The van der Waals surface area contributed by atoms with Gasteiger partial charge in [0.05, 0.1) is 0 Å². The van der Waals surface area contributed by atoms with Gasteiger partial charge in [-0.1, -0.05) is 181 Å². The van der Waals surface area contributed by atoms with Crippen LogP contribution in [0.15, 0.2) is 122 Å². The van der Waals surface area contributed by atoms with E-state index in [0.717, 1.165) is 128 Å². The molecule has 6 nitrogen and oxygen atoms in total. The van der Waals surface area contributed by atoms with E-state index in [2.05, 4.69) is 142 Å². The number of carbonyl (C=O) groups is 3. The summed E-state index contributed by atoms with van der Waals surface area (Å²) in [5.41, 5.74) is 0. The molecule has 1 unspecified atom stereocenters. The Balaban J connectivity index is 4.46. The molecule has 0 N–H and O–H groups in total. The highest BCUT2D eigenvalue weighted by Gasteiger charge is 2.19. The first kappa shape index (κ1) is 56.8. The van der Waals surface area contributed by atoms with E-state index in [1.807, 2.05) is 0 Å². The van der Waals surface area contributed by atoms with Gasteiger partial charge < -0.3 is 14.2 Å². The highest BCUT2D eigenvalue weighted by Crippen LogP contribution is 2.12. The second kappa shape index (κ2) is 48.5. The standard InChI is InChI=1S/C55H86O6/c1-4-7-10-13-16-19-21-23-25-26-27-28-30-31-33-36-39-42-45-48-54(57)60-51-52(50-59-53(56)47-44-41-38-35-18-15-12-9-6-3)61-55(58)49-46-43-40-37-34-32-29-24-22-20-17-14-11-8-5-2/h7-12,14,16-20,22-23,25,27-28,31,33,35,52H,4-6,13,15,21,24,26,29-30,32,34,36-51H2,1-3H3/b10-7-,11-8-,12-9-,17-14-,19-16-,22-20-,25-23-,28-27-,33-31-,35-18-. The minimum atomic E-state index is -0.813. The van der Waals surface area contributed by atoms with Crippen molar-refractivity contribution < 1.29 is 28.6 Å². The van der Waals surface area contributed by atoms with Crippen molar-refractivity contribution in [2.45, 2.75) is 194 Å². The maximum Gasteiger partial charge on any atom is 0.306 e. The third kappa shape index (κ3) is 46.7. The number of allylic oxidation sites excluding steroid dienone is 20. The number of hydrogen-bond acceptors (Lipinski definition) is 6. The first-order chi connectivity index (χ1) is 30.0. The maximum absolute atomic E-state index is 12.7. The van der Waals surface area contributed by atoms with E-state index in [1.54, 1.807) is 0 Å². The molecular formula is C55H86O6. The van der Waals surface area contributed by atoms with Gasteiger partial charge in [-0.2, -0.15) is 0 Å². The zero-order valence-corrected chi connectivity index (χ0v) is 38.9. The van der Waals surface area contributed by atoms with Gasteiger partial charge in [0.15, 0.2) is 6.10 Å². The van der Waals surface area contributed by atoms with Crippen LogP contribution < -0.4 is 0 Å². The molecule has 0 rings (SSSR count). The van der Waals surface area contributed by atoms with E-state index in [1.165, 1.54) is 19.3 Å². The third-order valence-electron chi connectivity index (χ3n) is 9.50. The van der Waals surface area contributed by atoms with Crippen LogP contribution in [0, 0.1) is 0 Å². The average molecular weight is 843 g/mol. The van der Waals surface area contributed by atoms with Gasteiger partial charge >= 0.3 is 17.9 Å². The highest BCUT2D eigenvalue weighted by molar-refractivity contribution is 5.71. The lowest BCUT2D eigenvalue weighted by Gasteiger charge is -2.18. The van der Waals surface area contributed by atoms with E-state index in [-0.39, 0.29) is 31.1 Å². The summed E-state index contributed by atoms with van der Waals surface area (Å²) in [7, 11) is 0. The van der Waals surface area contributed by atoms with Gasteiger partial charge in [-0.15, -0.1) is 0 Å². The van der Waals surface area contributed by atoms with Gasteiger partial charge in [0.2, 0.25) is 0 Å². The van der Waals surface area contributed by atoms with Gasteiger partial charge in [-0.25, -0.2) is 0 Å². The molecule has 61 heavy (non-hydrogen) atoms. The lowest BCUT2D eigenvalue weighted by atomic mass is 10.1. The molecule has 0 aromatic rings. The number of carbonyl (C=O) groups excluding carboxylic acids is 3. The maximum atomic E-state index is 12.7. The molecule has 0 heterocycles. The quantitative estimate of drug-likeness (QED) is 0.0201. The fourth-order valence-electron chi connectivity index (χ4n) is 5.97. The molecule has 0 aliphatic carbocycles. The molecule has 342 valence electrons. The Morgan fingerprint density at radius 1 is 0.344 bits per heavy atom. The fourth-order valence-corrected chi connectivity index (χ4v) is 5.97. The van der Waals surface area contributed by atoms with Crippen molar-refractivity contribution in [3.8, 4) is 0 Å². The van der Waals surface area contributed by atoms with Crippen molar-refractivity contribution in [2.75, 3.05) is 13.2 Å². The predicted octanol–water partition coefficient (Wildman–Crippen LogP) is 15.7. The molecule has 0 aliphatic rings. The summed E-state index contributed by atoms with van der Waals surface area (Å²) in [6, 6.07) is 0. The number of rotatable bonds is 41. The molecule has 0 saturated heterocycles. The molecule has 0 aromatic carbocycles. The third-order valence-corrected chi connectivity index (χ3v) is 9.50. The van der Waals surface area contributed by atoms with Crippen LogP contribution in [0.1, 0.15) is 188 Å². The topological polar surface area (TPSA) is 78.9 Å². The van der Waals surface area contributed by atoms with Crippen molar-refractivity contribution in [1.82, 2.24) is 0 Å². The minimum absolute atomic E-state index is 0.115. The Kier molecular flexibility index (Phi) is 45.1. The predicted molar refractivity (Wildman–Crippen MR) is 260 cm³/mol. The Bertz CT molecular complexity index is 1340. The average Bonchev–Trinajstić information content (AvgIpc) is 3.26. The van der Waals surface area contributed by atoms with Gasteiger partial charge in [-0.05, 0) is 109 Å². The van der Waals surface area contributed by atoms with E-state index in [9.17, 15) is 14.4 Å². The molecule has 0 radical (unpaired) electrons. The van der Waals surface area contributed by atoms with Gasteiger partial charge in [0.25, 0.3) is 0 Å². The SMILES string of the molecule is CC\C=C/C=C\C=C/CCCCCCCCCC(=O)OC(COC(=O)CCCC/C=C\C/C=C\CC)COC(=O)CCCCC/C=C\C/C=C\C/C=C\C/C=C\C/C=C\CC. The van der Waals surface area contributed by atoms with Crippen LogP contribution >= 0.6 is 0 Å². The normalized spacial score (nSPS) is 13.2. The zero-order valence-electron chi connectivity index (χ0n) is 38.9. The lowest BCUT2D eigenvalue weighted by molar-refractivity contribution is -0.167. The fraction of sp³-hybridized carbons (Fsp3) is 0.582. The molecule has 6 heteroatoms. The van der Waals surface area contributed by atoms with E-state index in [0.29, 0.717) is 19.3 Å². The molecule has 0 bridgehead atoms. The monoisotopic (exact) mass is 843 g/mol. The van der Waals surface area contributed by atoms with E-state index < -0.39 is 6.10 Å². The second-order valence-electron chi connectivity index (χ2n) is 15.3. The van der Waals surface area contributed by atoms with Crippen LogP contribution in [-0.4, -0.2) is 37.2 Å². The lowest BCUT2D eigenvalue weighted by Crippen LogP contribution is -2.30. The van der Waals surface area contributed by atoms with Crippen molar-refractivity contribution in [2.24, 2.45) is 0 Å². The van der Waals surface area contributed by atoms with Crippen LogP contribution in [-0.2, 0) is 28.6 Å². The van der Waals surface area contributed by atoms with Crippen molar-refractivity contribution in [1.29, 1.82) is 0 Å². The number of ether oxygens (including phenoxy) is 3. The van der Waals surface area contributed by atoms with Gasteiger partial charge in [-0.3, -0.25) is 14.4 Å². The first-order valence-corrected chi connectivity index (χ1v) is 24.1. The summed E-state index contributed by atoms with van der Waals surface area (Å²) in [6.07, 6.45) is 66.2. The molecular weight excluding hydrogens is 757 g/mol. The Labute approximate surface area is 373 Å². The number of esters is 3. The van der Waals surface area contributed by atoms with Crippen molar-refractivity contribution >= 4 is 17.9 Å². The van der Waals surface area contributed by atoms with Crippen LogP contribution in [0.5, 0.6) is 0 Å². The number of hydrogen-bond donors (Lipinski definition) is 0. The molecule has 0 amide bonds. The van der Waals surface area contributed by atoms with Gasteiger partial charge in [0, 0.05) is 19.3 Å².